The topological polar surface area (TPSA) is 29.1 Å². The van der Waals surface area contributed by atoms with Crippen LogP contribution in [0.4, 0.5) is 0 Å². The van der Waals surface area contributed by atoms with Crippen LogP contribution < -0.4 is 5.32 Å². The molecule has 1 rings (SSSR count). The number of aryl methyl sites for hydroxylation is 1. The van der Waals surface area contributed by atoms with Gasteiger partial charge in [-0.05, 0) is 43.0 Å². The Bertz CT molecular complexity index is 433. The lowest BCUT2D eigenvalue weighted by molar-refractivity contribution is -0.119. The number of rotatable bonds is 3. The smallest absolute Gasteiger partial charge is 0.216 e. The average molecular weight is 233 g/mol. The van der Waals surface area contributed by atoms with E-state index in [9.17, 15) is 4.79 Å². The predicted octanol–water partition coefficient (Wildman–Crippen LogP) is 3.03. The standard InChI is InChI=1S/C15H23NO/c1-10-7-8-14(12(3)11(10)2)15(5,6)9-16-13(4)17/h7-8H,9H2,1-6H3,(H,16,17). The van der Waals surface area contributed by atoms with Crippen LogP contribution >= 0.6 is 0 Å². The van der Waals surface area contributed by atoms with Crippen LogP contribution in [-0.2, 0) is 10.2 Å². The van der Waals surface area contributed by atoms with Crippen molar-refractivity contribution >= 4 is 5.91 Å². The summed E-state index contributed by atoms with van der Waals surface area (Å²) in [6.45, 7) is 13.0. The summed E-state index contributed by atoms with van der Waals surface area (Å²) in [7, 11) is 0. The van der Waals surface area contributed by atoms with E-state index < -0.39 is 0 Å². The molecule has 94 valence electrons. The first-order chi connectivity index (χ1) is 7.75. The molecule has 1 aromatic rings. The van der Waals surface area contributed by atoms with Gasteiger partial charge in [-0.25, -0.2) is 0 Å². The first-order valence-electron chi connectivity index (χ1n) is 6.07. The van der Waals surface area contributed by atoms with E-state index in [1.165, 1.54) is 22.3 Å². The Balaban J connectivity index is 3.06. The number of benzene rings is 1. The van der Waals surface area contributed by atoms with Crippen molar-refractivity contribution in [2.75, 3.05) is 6.54 Å². The Hall–Kier alpha value is -1.31. The first kappa shape index (κ1) is 13.8. The summed E-state index contributed by atoms with van der Waals surface area (Å²) in [5.41, 5.74) is 5.28. The quantitative estimate of drug-likeness (QED) is 0.854. The summed E-state index contributed by atoms with van der Waals surface area (Å²) < 4.78 is 0. The molecule has 0 spiro atoms. The Morgan fingerprint density at radius 1 is 1.18 bits per heavy atom. The highest BCUT2D eigenvalue weighted by Crippen LogP contribution is 2.28. The van der Waals surface area contributed by atoms with E-state index in [2.05, 4.69) is 52.1 Å². The van der Waals surface area contributed by atoms with Gasteiger partial charge < -0.3 is 5.32 Å². The summed E-state index contributed by atoms with van der Waals surface area (Å²) in [4.78, 5) is 11.0. The largest absolute Gasteiger partial charge is 0.355 e. The first-order valence-corrected chi connectivity index (χ1v) is 6.07. The third kappa shape index (κ3) is 3.09. The van der Waals surface area contributed by atoms with E-state index in [1.807, 2.05) is 0 Å². The average Bonchev–Trinajstić information content (AvgIpc) is 2.23. The summed E-state index contributed by atoms with van der Waals surface area (Å²) in [5, 5.41) is 2.91. The van der Waals surface area contributed by atoms with Crippen molar-refractivity contribution in [1.29, 1.82) is 0 Å². The molecular weight excluding hydrogens is 210 g/mol. The van der Waals surface area contributed by atoms with Gasteiger partial charge in [-0.3, -0.25) is 4.79 Å². The lowest BCUT2D eigenvalue weighted by atomic mass is 9.80. The molecular formula is C15H23NO. The second-order valence-corrected chi connectivity index (χ2v) is 5.47. The molecule has 0 radical (unpaired) electrons. The van der Waals surface area contributed by atoms with E-state index in [0.717, 1.165) is 0 Å². The maximum atomic E-state index is 11.0. The van der Waals surface area contributed by atoms with Crippen molar-refractivity contribution in [2.45, 2.75) is 47.0 Å². The minimum absolute atomic E-state index is 0.0274. The molecule has 0 heterocycles. The number of hydrogen-bond acceptors (Lipinski definition) is 1. The van der Waals surface area contributed by atoms with Crippen molar-refractivity contribution in [3.63, 3.8) is 0 Å². The van der Waals surface area contributed by atoms with Crippen LogP contribution in [-0.4, -0.2) is 12.5 Å². The number of carbonyl (C=O) groups excluding carboxylic acids is 1. The van der Waals surface area contributed by atoms with E-state index in [4.69, 9.17) is 0 Å². The van der Waals surface area contributed by atoms with Crippen LogP contribution in [0.1, 0.15) is 43.0 Å². The molecule has 0 saturated heterocycles. The normalized spacial score (nSPS) is 11.4. The molecule has 0 fully saturated rings. The van der Waals surface area contributed by atoms with Gasteiger partial charge in [-0.15, -0.1) is 0 Å². The van der Waals surface area contributed by atoms with Crippen molar-refractivity contribution in [1.82, 2.24) is 5.32 Å². The molecule has 0 saturated carbocycles. The third-order valence-electron chi connectivity index (χ3n) is 3.57. The van der Waals surface area contributed by atoms with Crippen molar-refractivity contribution < 1.29 is 4.79 Å². The predicted molar refractivity (Wildman–Crippen MR) is 72.4 cm³/mol. The van der Waals surface area contributed by atoms with Crippen molar-refractivity contribution in [2.24, 2.45) is 0 Å². The summed E-state index contributed by atoms with van der Waals surface area (Å²) in [6, 6.07) is 4.34. The maximum Gasteiger partial charge on any atom is 0.216 e. The van der Waals surface area contributed by atoms with Crippen LogP contribution in [0.5, 0.6) is 0 Å². The Morgan fingerprint density at radius 2 is 1.76 bits per heavy atom. The maximum absolute atomic E-state index is 11.0. The van der Waals surface area contributed by atoms with Crippen LogP contribution in [0.3, 0.4) is 0 Å². The second-order valence-electron chi connectivity index (χ2n) is 5.47. The van der Waals surface area contributed by atoms with E-state index >= 15 is 0 Å². The number of hydrogen-bond donors (Lipinski definition) is 1. The van der Waals surface area contributed by atoms with Gasteiger partial charge in [0, 0.05) is 18.9 Å². The molecule has 0 aliphatic rings. The molecule has 0 aliphatic carbocycles. The Labute approximate surface area is 104 Å². The molecule has 1 N–H and O–H groups in total. The molecule has 0 aromatic heterocycles. The lowest BCUT2D eigenvalue weighted by Gasteiger charge is -2.28. The Morgan fingerprint density at radius 3 is 2.29 bits per heavy atom. The third-order valence-corrected chi connectivity index (χ3v) is 3.57. The summed E-state index contributed by atoms with van der Waals surface area (Å²) in [6.07, 6.45) is 0. The van der Waals surface area contributed by atoms with Crippen LogP contribution in [0.2, 0.25) is 0 Å². The minimum atomic E-state index is -0.0335. The molecule has 17 heavy (non-hydrogen) atoms. The highest BCUT2D eigenvalue weighted by atomic mass is 16.1. The molecule has 1 aromatic carbocycles. The summed E-state index contributed by atoms with van der Waals surface area (Å²) >= 11 is 0. The Kier molecular flexibility index (Phi) is 3.97. The number of carbonyl (C=O) groups is 1. The van der Waals surface area contributed by atoms with Gasteiger partial charge in [0.05, 0.1) is 0 Å². The van der Waals surface area contributed by atoms with Gasteiger partial charge in [0.15, 0.2) is 0 Å². The zero-order chi connectivity index (χ0) is 13.2. The molecule has 0 aliphatic heterocycles. The van der Waals surface area contributed by atoms with Gasteiger partial charge >= 0.3 is 0 Å². The minimum Gasteiger partial charge on any atom is -0.355 e. The summed E-state index contributed by atoms with van der Waals surface area (Å²) in [5.74, 6) is 0.0274. The van der Waals surface area contributed by atoms with Crippen LogP contribution in [0.25, 0.3) is 0 Å². The van der Waals surface area contributed by atoms with Gasteiger partial charge in [-0.2, -0.15) is 0 Å². The van der Waals surface area contributed by atoms with Gasteiger partial charge in [0.25, 0.3) is 0 Å². The highest BCUT2D eigenvalue weighted by Gasteiger charge is 2.23. The molecule has 0 atom stereocenters. The number of amides is 1. The van der Waals surface area contributed by atoms with Gasteiger partial charge in [0.2, 0.25) is 5.91 Å². The lowest BCUT2D eigenvalue weighted by Crippen LogP contribution is -2.36. The SMILES string of the molecule is CC(=O)NCC(C)(C)c1ccc(C)c(C)c1C. The monoisotopic (exact) mass is 233 g/mol. The zero-order valence-electron chi connectivity index (χ0n) is 11.8. The second kappa shape index (κ2) is 4.91. The molecule has 0 unspecified atom stereocenters. The van der Waals surface area contributed by atoms with Gasteiger partial charge in [-0.1, -0.05) is 26.0 Å². The fourth-order valence-electron chi connectivity index (χ4n) is 2.13. The van der Waals surface area contributed by atoms with Crippen molar-refractivity contribution in [3.8, 4) is 0 Å². The molecule has 1 amide bonds. The molecule has 0 bridgehead atoms. The fourth-order valence-corrected chi connectivity index (χ4v) is 2.13. The zero-order valence-corrected chi connectivity index (χ0v) is 11.8. The van der Waals surface area contributed by atoms with Crippen LogP contribution in [0, 0.1) is 20.8 Å². The van der Waals surface area contributed by atoms with E-state index in [1.54, 1.807) is 6.92 Å². The van der Waals surface area contributed by atoms with E-state index in [-0.39, 0.29) is 11.3 Å². The van der Waals surface area contributed by atoms with E-state index in [0.29, 0.717) is 6.54 Å². The molecule has 2 heteroatoms. The highest BCUT2D eigenvalue weighted by molar-refractivity contribution is 5.73. The fraction of sp³-hybridized carbons (Fsp3) is 0.533. The van der Waals surface area contributed by atoms with Crippen molar-refractivity contribution in [3.05, 3.63) is 34.4 Å². The number of nitrogens with one attached hydrogen (secondary N) is 1. The molecule has 2 nitrogen and oxygen atoms in total. The van der Waals surface area contributed by atoms with Gasteiger partial charge in [0.1, 0.15) is 0 Å². The van der Waals surface area contributed by atoms with Crippen LogP contribution in [0.15, 0.2) is 12.1 Å².